The highest BCUT2D eigenvalue weighted by atomic mass is 19.2. The van der Waals surface area contributed by atoms with Crippen molar-refractivity contribution >= 4 is 11.7 Å². The van der Waals surface area contributed by atoms with Crippen molar-refractivity contribution in [3.05, 3.63) is 29.3 Å². The van der Waals surface area contributed by atoms with Crippen LogP contribution < -0.4 is 5.32 Å². The van der Waals surface area contributed by atoms with Gasteiger partial charge in [-0.3, -0.25) is 0 Å². The summed E-state index contributed by atoms with van der Waals surface area (Å²) in [7, 11) is 0. The molecular weight excluding hydrogens is 268 g/mol. The normalized spacial score (nSPS) is 13.1. The molecule has 1 unspecified atom stereocenters. The molecule has 0 aliphatic carbocycles. The maximum Gasteiger partial charge on any atom is 0.338 e. The summed E-state index contributed by atoms with van der Waals surface area (Å²) in [4.78, 5) is 10.7. The molecule has 4 nitrogen and oxygen atoms in total. The molecule has 0 saturated heterocycles. The highest BCUT2D eigenvalue weighted by Gasteiger charge is 2.26. The van der Waals surface area contributed by atoms with Gasteiger partial charge in [0.25, 0.3) is 0 Å². The molecule has 6 heteroatoms. The van der Waals surface area contributed by atoms with Crippen LogP contribution in [0.2, 0.25) is 0 Å². The predicted octanol–water partition coefficient (Wildman–Crippen LogP) is 2.87. The zero-order valence-electron chi connectivity index (χ0n) is 11.7. The lowest BCUT2D eigenvalue weighted by atomic mass is 9.84. The molecule has 1 aromatic carbocycles. The number of hydrogen-bond acceptors (Lipinski definition) is 3. The Bertz CT molecular complexity index is 498. The smallest absolute Gasteiger partial charge is 0.338 e. The molecule has 0 aromatic heterocycles. The van der Waals surface area contributed by atoms with Gasteiger partial charge >= 0.3 is 5.97 Å². The Labute approximate surface area is 116 Å². The fourth-order valence-corrected chi connectivity index (χ4v) is 1.86. The summed E-state index contributed by atoms with van der Waals surface area (Å²) < 4.78 is 27.4. The van der Waals surface area contributed by atoms with Crippen molar-refractivity contribution < 1.29 is 23.8 Å². The van der Waals surface area contributed by atoms with Crippen LogP contribution >= 0.6 is 0 Å². The van der Waals surface area contributed by atoms with E-state index in [1.165, 1.54) is 6.07 Å². The molecular formula is C14H19F2NO3. The predicted molar refractivity (Wildman–Crippen MR) is 71.9 cm³/mol. The van der Waals surface area contributed by atoms with Gasteiger partial charge in [0.2, 0.25) is 0 Å². The Hall–Kier alpha value is -1.69. The van der Waals surface area contributed by atoms with E-state index < -0.39 is 23.2 Å². The van der Waals surface area contributed by atoms with Crippen molar-refractivity contribution in [3.63, 3.8) is 0 Å². The molecule has 0 heterocycles. The van der Waals surface area contributed by atoms with Crippen LogP contribution in [0.25, 0.3) is 0 Å². The van der Waals surface area contributed by atoms with E-state index in [0.717, 1.165) is 6.07 Å². The number of halogens is 2. The molecule has 1 rings (SSSR count). The fourth-order valence-electron chi connectivity index (χ4n) is 1.86. The highest BCUT2D eigenvalue weighted by Crippen LogP contribution is 2.28. The van der Waals surface area contributed by atoms with Crippen LogP contribution in [0.5, 0.6) is 0 Å². The van der Waals surface area contributed by atoms with Crippen LogP contribution in [0.1, 0.15) is 37.6 Å². The number of carboxylic acids is 1. The van der Waals surface area contributed by atoms with Gasteiger partial charge < -0.3 is 15.5 Å². The monoisotopic (exact) mass is 287 g/mol. The summed E-state index contributed by atoms with van der Waals surface area (Å²) in [6.07, 6.45) is 0.366. The highest BCUT2D eigenvalue weighted by molar-refractivity contribution is 5.88. The Balaban J connectivity index is 3.09. The van der Waals surface area contributed by atoms with E-state index in [1.54, 1.807) is 0 Å². The average Bonchev–Trinajstić information content (AvgIpc) is 2.32. The van der Waals surface area contributed by atoms with Crippen LogP contribution in [0.15, 0.2) is 12.1 Å². The third-order valence-electron chi connectivity index (χ3n) is 3.11. The molecule has 0 bridgehead atoms. The van der Waals surface area contributed by atoms with Gasteiger partial charge in [0, 0.05) is 12.6 Å². The third-order valence-corrected chi connectivity index (χ3v) is 3.11. The van der Waals surface area contributed by atoms with Gasteiger partial charge in [0.05, 0.1) is 11.3 Å². The molecule has 0 aliphatic heterocycles. The van der Waals surface area contributed by atoms with Crippen molar-refractivity contribution in [2.45, 2.75) is 33.2 Å². The fraction of sp³-hybridized carbons (Fsp3) is 0.500. The van der Waals surface area contributed by atoms with Crippen molar-refractivity contribution in [1.82, 2.24) is 0 Å². The summed E-state index contributed by atoms with van der Waals surface area (Å²) in [5.74, 6) is -4.13. The number of carboxylic acid groups (broad SMARTS) is 1. The van der Waals surface area contributed by atoms with Gasteiger partial charge in [0.1, 0.15) is 0 Å². The average molecular weight is 287 g/mol. The van der Waals surface area contributed by atoms with E-state index in [4.69, 9.17) is 10.2 Å². The zero-order chi connectivity index (χ0) is 15.5. The molecule has 112 valence electrons. The second-order valence-electron chi connectivity index (χ2n) is 5.67. The first-order valence-corrected chi connectivity index (χ1v) is 6.27. The van der Waals surface area contributed by atoms with Crippen LogP contribution in [0, 0.1) is 17.0 Å². The van der Waals surface area contributed by atoms with E-state index in [2.05, 4.69) is 5.32 Å². The molecule has 0 aliphatic rings. The second-order valence-corrected chi connectivity index (χ2v) is 5.67. The molecule has 0 spiro atoms. The van der Waals surface area contributed by atoms with Gasteiger partial charge in [-0.25, -0.2) is 13.6 Å². The van der Waals surface area contributed by atoms with Gasteiger partial charge in [-0.05, 0) is 24.0 Å². The van der Waals surface area contributed by atoms with Gasteiger partial charge in [0.15, 0.2) is 11.6 Å². The first-order valence-electron chi connectivity index (χ1n) is 6.27. The summed E-state index contributed by atoms with van der Waals surface area (Å²) in [6, 6.07) is 1.93. The van der Waals surface area contributed by atoms with Crippen molar-refractivity contribution in [3.8, 4) is 0 Å². The summed E-state index contributed by atoms with van der Waals surface area (Å²) >= 11 is 0. The van der Waals surface area contributed by atoms with E-state index in [0.29, 0.717) is 6.42 Å². The number of hydrogen-bond donors (Lipinski definition) is 3. The number of carbonyl (C=O) groups is 1. The number of aliphatic hydroxyl groups excluding tert-OH is 1. The lowest BCUT2D eigenvalue weighted by Crippen LogP contribution is -2.35. The third kappa shape index (κ3) is 3.66. The number of aliphatic hydroxyl groups is 1. The minimum Gasteiger partial charge on any atom is -0.478 e. The topological polar surface area (TPSA) is 69.6 Å². The molecule has 20 heavy (non-hydrogen) atoms. The minimum absolute atomic E-state index is 0.0910. The molecule has 0 amide bonds. The van der Waals surface area contributed by atoms with Crippen LogP contribution in [-0.2, 0) is 0 Å². The van der Waals surface area contributed by atoms with E-state index in [1.807, 2.05) is 20.8 Å². The summed E-state index contributed by atoms with van der Waals surface area (Å²) in [5.41, 5.74) is -1.10. The molecule has 0 fully saturated rings. The van der Waals surface area contributed by atoms with Gasteiger partial charge in [-0.1, -0.05) is 20.8 Å². The van der Waals surface area contributed by atoms with E-state index >= 15 is 0 Å². The summed E-state index contributed by atoms with van der Waals surface area (Å²) in [6.45, 7) is 5.62. The number of aromatic carboxylic acids is 1. The maximum absolute atomic E-state index is 13.8. The second kappa shape index (κ2) is 6.17. The van der Waals surface area contributed by atoms with Crippen molar-refractivity contribution in [1.29, 1.82) is 0 Å². The molecule has 1 atom stereocenters. The van der Waals surface area contributed by atoms with E-state index in [9.17, 15) is 13.6 Å². The molecule has 0 radical (unpaired) electrons. The Kier molecular flexibility index (Phi) is 5.05. The van der Waals surface area contributed by atoms with E-state index in [-0.39, 0.29) is 23.8 Å². The Morgan fingerprint density at radius 2 is 1.90 bits per heavy atom. The molecule has 0 saturated carbocycles. The maximum atomic E-state index is 13.8. The molecule has 1 aromatic rings. The zero-order valence-corrected chi connectivity index (χ0v) is 11.7. The van der Waals surface area contributed by atoms with Crippen LogP contribution in [-0.4, -0.2) is 28.8 Å². The van der Waals surface area contributed by atoms with Crippen LogP contribution in [0.3, 0.4) is 0 Å². The van der Waals surface area contributed by atoms with Gasteiger partial charge in [-0.2, -0.15) is 0 Å². The largest absolute Gasteiger partial charge is 0.478 e. The number of rotatable bonds is 5. The van der Waals surface area contributed by atoms with Crippen LogP contribution in [0.4, 0.5) is 14.5 Å². The van der Waals surface area contributed by atoms with Crippen molar-refractivity contribution in [2.75, 3.05) is 11.9 Å². The number of nitrogens with one attached hydrogen (secondary N) is 1. The lowest BCUT2D eigenvalue weighted by molar-refractivity contribution is 0.0690. The number of anilines is 1. The Morgan fingerprint density at radius 1 is 1.30 bits per heavy atom. The lowest BCUT2D eigenvalue weighted by Gasteiger charge is -2.32. The standard InChI is InChI=1S/C14H19F2NO3/c1-14(2,3)10(6-7-18)17-9-5-4-8(13(19)20)11(15)12(9)16/h4-5,10,17-18H,6-7H2,1-3H3,(H,19,20). The quantitative estimate of drug-likeness (QED) is 0.779. The van der Waals surface area contributed by atoms with Crippen molar-refractivity contribution in [2.24, 2.45) is 5.41 Å². The Morgan fingerprint density at radius 3 is 2.35 bits per heavy atom. The molecule has 3 N–H and O–H groups in total. The number of benzene rings is 1. The SMILES string of the molecule is CC(C)(C)C(CCO)Nc1ccc(C(=O)O)c(F)c1F. The van der Waals surface area contributed by atoms with Gasteiger partial charge in [-0.15, -0.1) is 0 Å². The first kappa shape index (κ1) is 16.4. The first-order chi connectivity index (χ1) is 9.18. The minimum atomic E-state index is -1.52. The summed E-state index contributed by atoms with van der Waals surface area (Å²) in [5, 5.41) is 20.6.